The molecule has 2 heteroatoms. The summed E-state index contributed by atoms with van der Waals surface area (Å²) < 4.78 is 0. The average Bonchev–Trinajstić information content (AvgIpc) is 2.68. The smallest absolute Gasteiger partial charge is 0.136 e. The molecule has 4 aliphatic carbocycles. The van der Waals surface area contributed by atoms with Gasteiger partial charge in [-0.05, 0) is 73.0 Å². The van der Waals surface area contributed by atoms with Crippen LogP contribution in [-0.4, -0.2) is 17.5 Å². The number of aliphatic hydroxyl groups excluding tert-OH is 1. The molecule has 4 fully saturated rings. The molecule has 0 heterocycles. The van der Waals surface area contributed by atoms with Crippen LogP contribution in [0.15, 0.2) is 0 Å². The molecule has 6 atom stereocenters. The van der Waals surface area contributed by atoms with Gasteiger partial charge in [-0.15, -0.1) is 0 Å². The highest BCUT2D eigenvalue weighted by Gasteiger charge is 2.64. The lowest BCUT2D eigenvalue weighted by molar-refractivity contribution is -0.159. The first-order valence-corrected chi connectivity index (χ1v) is 9.07. The first-order chi connectivity index (χ1) is 9.94. The number of Topliss-reactive ketones (excluding diaryl/α,β-unsaturated/α-hetero) is 1. The van der Waals surface area contributed by atoms with Gasteiger partial charge in [0.2, 0.25) is 0 Å². The Kier molecular flexibility index (Phi) is 2.94. The maximum Gasteiger partial charge on any atom is 0.136 e. The molecular formula is C19H30O2. The molecule has 0 amide bonds. The summed E-state index contributed by atoms with van der Waals surface area (Å²) in [6.45, 7) is 5.17. The number of rotatable bonds is 1. The van der Waals surface area contributed by atoms with Crippen molar-refractivity contribution in [1.82, 2.24) is 0 Å². The van der Waals surface area contributed by atoms with E-state index in [1.807, 2.05) is 0 Å². The maximum absolute atomic E-state index is 12.3. The van der Waals surface area contributed by atoms with Crippen molar-refractivity contribution in [3.8, 4) is 0 Å². The van der Waals surface area contributed by atoms with Crippen molar-refractivity contribution < 1.29 is 9.90 Å². The molecule has 4 rings (SSSR count). The van der Waals surface area contributed by atoms with Gasteiger partial charge < -0.3 is 5.11 Å². The van der Waals surface area contributed by atoms with Crippen molar-refractivity contribution in [3.63, 3.8) is 0 Å². The molecule has 2 bridgehead atoms. The molecule has 4 aliphatic rings. The Morgan fingerprint density at radius 3 is 2.67 bits per heavy atom. The monoisotopic (exact) mass is 290 g/mol. The fraction of sp³-hybridized carbons (Fsp3) is 0.947. The van der Waals surface area contributed by atoms with Gasteiger partial charge >= 0.3 is 0 Å². The fourth-order valence-corrected chi connectivity index (χ4v) is 7.50. The Morgan fingerprint density at radius 1 is 1.10 bits per heavy atom. The van der Waals surface area contributed by atoms with E-state index in [0.717, 1.165) is 18.8 Å². The van der Waals surface area contributed by atoms with E-state index in [1.54, 1.807) is 0 Å². The predicted octanol–water partition coefficient (Wildman–Crippen LogP) is 3.96. The largest absolute Gasteiger partial charge is 0.396 e. The van der Waals surface area contributed by atoms with Crippen molar-refractivity contribution in [2.75, 3.05) is 6.61 Å². The topological polar surface area (TPSA) is 37.3 Å². The van der Waals surface area contributed by atoms with Crippen LogP contribution in [0.3, 0.4) is 0 Å². The van der Waals surface area contributed by atoms with E-state index in [0.29, 0.717) is 35.1 Å². The van der Waals surface area contributed by atoms with Crippen LogP contribution >= 0.6 is 0 Å². The minimum Gasteiger partial charge on any atom is -0.396 e. The van der Waals surface area contributed by atoms with Gasteiger partial charge in [0.25, 0.3) is 0 Å². The summed E-state index contributed by atoms with van der Waals surface area (Å²) in [6, 6.07) is 0. The molecule has 21 heavy (non-hydrogen) atoms. The van der Waals surface area contributed by atoms with Gasteiger partial charge in [-0.2, -0.15) is 0 Å². The Morgan fingerprint density at radius 2 is 1.90 bits per heavy atom. The number of carbonyl (C=O) groups is 1. The third-order valence-corrected chi connectivity index (χ3v) is 8.37. The molecule has 0 radical (unpaired) electrons. The van der Waals surface area contributed by atoms with E-state index in [2.05, 4.69) is 13.8 Å². The van der Waals surface area contributed by atoms with Crippen molar-refractivity contribution in [1.29, 1.82) is 0 Å². The zero-order valence-corrected chi connectivity index (χ0v) is 13.7. The first-order valence-electron chi connectivity index (χ1n) is 9.07. The molecule has 1 spiro atoms. The van der Waals surface area contributed by atoms with Gasteiger partial charge in [-0.3, -0.25) is 4.79 Å². The lowest BCUT2D eigenvalue weighted by atomic mass is 9.41. The number of ketones is 1. The normalized spacial score (nSPS) is 56.0. The minimum absolute atomic E-state index is 0.119. The van der Waals surface area contributed by atoms with Crippen LogP contribution in [0.2, 0.25) is 0 Å². The van der Waals surface area contributed by atoms with E-state index in [4.69, 9.17) is 0 Å². The average molecular weight is 290 g/mol. The number of carbonyl (C=O) groups excluding carboxylic acids is 1. The van der Waals surface area contributed by atoms with Gasteiger partial charge in [0.1, 0.15) is 5.78 Å². The van der Waals surface area contributed by atoms with Crippen LogP contribution in [0.1, 0.15) is 71.6 Å². The number of hydrogen-bond acceptors (Lipinski definition) is 2. The molecule has 0 aromatic carbocycles. The Bertz CT molecular complexity index is 472. The number of aliphatic hydroxyl groups is 1. The predicted molar refractivity (Wildman–Crippen MR) is 82.8 cm³/mol. The molecule has 4 saturated carbocycles. The number of fused-ring (bicyclic) bond motifs is 3. The molecule has 0 aromatic heterocycles. The second-order valence-electron chi connectivity index (χ2n) is 9.30. The van der Waals surface area contributed by atoms with Crippen molar-refractivity contribution in [2.24, 2.45) is 34.0 Å². The van der Waals surface area contributed by atoms with Crippen LogP contribution in [0.25, 0.3) is 0 Å². The summed E-state index contributed by atoms with van der Waals surface area (Å²) in [5, 5.41) is 10.0. The van der Waals surface area contributed by atoms with E-state index in [9.17, 15) is 9.90 Å². The van der Waals surface area contributed by atoms with Crippen LogP contribution in [0.4, 0.5) is 0 Å². The summed E-state index contributed by atoms with van der Waals surface area (Å²) in [5.74, 6) is 2.36. The quantitative estimate of drug-likeness (QED) is 0.793. The molecular weight excluding hydrogens is 260 g/mol. The maximum atomic E-state index is 12.3. The summed E-state index contributed by atoms with van der Waals surface area (Å²) in [4.78, 5) is 12.3. The summed E-state index contributed by atoms with van der Waals surface area (Å²) in [5.41, 5.74) is 0.830. The Hall–Kier alpha value is -0.370. The van der Waals surface area contributed by atoms with Gasteiger partial charge in [-0.1, -0.05) is 20.3 Å². The van der Waals surface area contributed by atoms with Gasteiger partial charge in [0.15, 0.2) is 0 Å². The summed E-state index contributed by atoms with van der Waals surface area (Å²) >= 11 is 0. The molecule has 0 aliphatic heterocycles. The Labute approximate surface area is 128 Å². The highest BCUT2D eigenvalue weighted by Crippen LogP contribution is 2.70. The Balaban J connectivity index is 1.73. The lowest BCUT2D eigenvalue weighted by Gasteiger charge is -2.64. The highest BCUT2D eigenvalue weighted by atomic mass is 16.3. The second kappa shape index (κ2) is 4.34. The van der Waals surface area contributed by atoms with E-state index in [1.165, 1.54) is 44.9 Å². The highest BCUT2D eigenvalue weighted by molar-refractivity contribution is 5.84. The standard InChI is InChI=1S/C19H30O2/c1-17(12-20)7-3-8-18(2)15(17)6-9-19-10-13(14(21)11-19)4-5-16(18)19/h13,15-16,20H,3-12H2,1-2H3/t13-,15+,16-,17-,18+,19?/m1/s1. The molecule has 118 valence electrons. The molecule has 1 N–H and O–H groups in total. The first kappa shape index (κ1) is 14.2. The fourth-order valence-electron chi connectivity index (χ4n) is 7.50. The number of hydrogen-bond donors (Lipinski definition) is 1. The zero-order valence-electron chi connectivity index (χ0n) is 13.7. The van der Waals surface area contributed by atoms with Crippen molar-refractivity contribution >= 4 is 5.78 Å². The van der Waals surface area contributed by atoms with Gasteiger partial charge in [-0.25, -0.2) is 0 Å². The van der Waals surface area contributed by atoms with Crippen LogP contribution in [-0.2, 0) is 4.79 Å². The van der Waals surface area contributed by atoms with E-state index >= 15 is 0 Å². The summed E-state index contributed by atoms with van der Waals surface area (Å²) in [7, 11) is 0. The van der Waals surface area contributed by atoms with Crippen molar-refractivity contribution in [3.05, 3.63) is 0 Å². The zero-order chi connectivity index (χ0) is 14.9. The minimum atomic E-state index is 0.119. The third-order valence-electron chi connectivity index (χ3n) is 8.37. The van der Waals surface area contributed by atoms with Crippen LogP contribution in [0.5, 0.6) is 0 Å². The molecule has 0 aromatic rings. The summed E-state index contributed by atoms with van der Waals surface area (Å²) in [6.07, 6.45) is 10.7. The second-order valence-corrected chi connectivity index (χ2v) is 9.30. The van der Waals surface area contributed by atoms with E-state index < -0.39 is 0 Å². The third kappa shape index (κ3) is 1.72. The van der Waals surface area contributed by atoms with Gasteiger partial charge in [0, 0.05) is 18.9 Å². The van der Waals surface area contributed by atoms with Crippen LogP contribution < -0.4 is 0 Å². The molecule has 2 nitrogen and oxygen atoms in total. The lowest BCUT2D eigenvalue weighted by Crippen LogP contribution is -2.57. The SMILES string of the molecule is C[C@]1(CO)CCC[C@]2(C)[C@H]3CC[C@@H]4CC3(CC[C@@H]12)CC4=O. The molecule has 0 saturated heterocycles. The van der Waals surface area contributed by atoms with Gasteiger partial charge in [0.05, 0.1) is 0 Å². The molecule has 1 unspecified atom stereocenters. The van der Waals surface area contributed by atoms with Crippen LogP contribution in [0, 0.1) is 34.0 Å². The van der Waals surface area contributed by atoms with Crippen molar-refractivity contribution in [2.45, 2.75) is 71.6 Å². The van der Waals surface area contributed by atoms with E-state index in [-0.39, 0.29) is 5.41 Å².